The van der Waals surface area contributed by atoms with E-state index in [0.29, 0.717) is 36.7 Å². The molecule has 25 heavy (non-hydrogen) atoms. The minimum absolute atomic E-state index is 0.0132. The normalized spacial score (nSPS) is 15.3. The predicted octanol–water partition coefficient (Wildman–Crippen LogP) is -0.549. The molecule has 0 unspecified atom stereocenters. The molecule has 0 aromatic heterocycles. The first-order valence-electron chi connectivity index (χ1n) is 7.56. The maximum atomic E-state index is 14.5. The average Bonchev–Trinajstić information content (AvgIpc) is 2.59. The Kier molecular flexibility index (Phi) is 6.51. The first kappa shape index (κ1) is 18.9. The van der Waals surface area contributed by atoms with Crippen molar-refractivity contribution < 1.29 is 14.3 Å². The summed E-state index contributed by atoms with van der Waals surface area (Å²) in [6.07, 6.45) is 1.46. The van der Waals surface area contributed by atoms with Crippen LogP contribution in [0.3, 0.4) is 0 Å². The highest BCUT2D eigenvalue weighted by Crippen LogP contribution is 2.25. The van der Waals surface area contributed by atoms with Gasteiger partial charge in [0.05, 0.1) is 30.0 Å². The van der Waals surface area contributed by atoms with Crippen LogP contribution >= 0.6 is 12.2 Å². The molecule has 0 radical (unpaired) electrons. The van der Waals surface area contributed by atoms with Gasteiger partial charge in [-0.15, -0.1) is 0 Å². The van der Waals surface area contributed by atoms with E-state index >= 15 is 0 Å². The number of amides is 1. The molecule has 0 spiro atoms. The molecule has 1 aliphatic heterocycles. The molecule has 1 saturated heterocycles. The van der Waals surface area contributed by atoms with Gasteiger partial charge < -0.3 is 26.0 Å². The summed E-state index contributed by atoms with van der Waals surface area (Å²) in [5, 5.41) is 13.0. The number of aliphatic hydroxyl groups excluding tert-OH is 1. The Labute approximate surface area is 150 Å². The van der Waals surface area contributed by atoms with E-state index in [9.17, 15) is 9.18 Å². The molecule has 1 heterocycles. The predicted molar refractivity (Wildman–Crippen MR) is 98.0 cm³/mol. The molecule has 1 amide bonds. The largest absolute Gasteiger partial charge is 0.399 e. The summed E-state index contributed by atoms with van der Waals surface area (Å²) in [6.45, 7) is 0.785. The SMILES string of the molecule is N/C(=C\N(N)c1ccc(N2CCN(CO)C(=O)C2)c(F)c1)CNC=S. The van der Waals surface area contributed by atoms with Crippen molar-refractivity contribution in [1.29, 1.82) is 0 Å². The number of anilines is 2. The number of nitrogens with two attached hydrogens (primary N) is 2. The first-order chi connectivity index (χ1) is 12.0. The molecule has 6 N–H and O–H groups in total. The standard InChI is InChI=1S/C15H21FN6O2S/c16-13-5-12(22(18)7-11(17)6-19-9-25)1-2-14(13)20-3-4-21(10-23)15(24)8-20/h1-2,5,7,9,23H,3-4,6,8,10,17-18H2,(H,19,25)/b11-7-. The number of benzene rings is 1. The Morgan fingerprint density at radius 2 is 2.24 bits per heavy atom. The van der Waals surface area contributed by atoms with Crippen LogP contribution in [0.5, 0.6) is 0 Å². The fourth-order valence-corrected chi connectivity index (χ4v) is 2.52. The molecule has 1 aliphatic rings. The highest BCUT2D eigenvalue weighted by molar-refractivity contribution is 7.78. The Balaban J connectivity index is 2.10. The van der Waals surface area contributed by atoms with Gasteiger partial charge in [-0.3, -0.25) is 9.80 Å². The van der Waals surface area contributed by atoms with E-state index in [1.54, 1.807) is 17.0 Å². The lowest BCUT2D eigenvalue weighted by atomic mass is 10.2. The van der Waals surface area contributed by atoms with Crippen LogP contribution in [0.15, 0.2) is 30.1 Å². The zero-order valence-electron chi connectivity index (χ0n) is 13.6. The Morgan fingerprint density at radius 1 is 1.48 bits per heavy atom. The number of hydrazine groups is 1. The van der Waals surface area contributed by atoms with Crippen molar-refractivity contribution in [1.82, 2.24) is 10.2 Å². The number of hydrogen-bond acceptors (Lipinski definition) is 7. The fourth-order valence-electron chi connectivity index (χ4n) is 2.43. The number of nitrogens with one attached hydrogen (secondary N) is 1. The van der Waals surface area contributed by atoms with E-state index in [2.05, 4.69) is 17.5 Å². The summed E-state index contributed by atoms with van der Waals surface area (Å²) in [5.74, 6) is 5.12. The van der Waals surface area contributed by atoms with Crippen molar-refractivity contribution in [3.05, 3.63) is 35.9 Å². The highest BCUT2D eigenvalue weighted by Gasteiger charge is 2.25. The van der Waals surface area contributed by atoms with Gasteiger partial charge in [0.15, 0.2) is 0 Å². The number of hydrogen-bond donors (Lipinski definition) is 4. The summed E-state index contributed by atoms with van der Waals surface area (Å²) in [5.41, 5.74) is 8.26. The lowest BCUT2D eigenvalue weighted by molar-refractivity contribution is -0.134. The van der Waals surface area contributed by atoms with Gasteiger partial charge in [0, 0.05) is 31.1 Å². The maximum Gasteiger partial charge on any atom is 0.243 e. The molecule has 0 saturated carbocycles. The number of carbonyl (C=O) groups excluding carboxylic acids is 1. The molecule has 10 heteroatoms. The third-order valence-electron chi connectivity index (χ3n) is 3.75. The summed E-state index contributed by atoms with van der Waals surface area (Å²) in [7, 11) is 0. The van der Waals surface area contributed by atoms with Gasteiger partial charge in [-0.25, -0.2) is 10.2 Å². The van der Waals surface area contributed by atoms with E-state index < -0.39 is 5.82 Å². The molecule has 1 aromatic carbocycles. The zero-order valence-corrected chi connectivity index (χ0v) is 14.4. The van der Waals surface area contributed by atoms with Crippen molar-refractivity contribution in [2.45, 2.75) is 0 Å². The summed E-state index contributed by atoms with van der Waals surface area (Å²) in [6, 6.07) is 4.47. The topological polar surface area (TPSA) is 111 Å². The Hall–Kier alpha value is -2.43. The minimum atomic E-state index is -0.498. The number of thiocarbonyl (C=S) groups is 1. The monoisotopic (exact) mass is 368 g/mol. The van der Waals surface area contributed by atoms with Gasteiger partial charge in [0.1, 0.15) is 12.5 Å². The Morgan fingerprint density at radius 3 is 2.84 bits per heavy atom. The van der Waals surface area contributed by atoms with Crippen molar-refractivity contribution in [3.63, 3.8) is 0 Å². The molecule has 1 fully saturated rings. The maximum absolute atomic E-state index is 14.5. The molecule has 0 bridgehead atoms. The van der Waals surface area contributed by atoms with Crippen LogP contribution in [0.1, 0.15) is 0 Å². The molecular weight excluding hydrogens is 347 g/mol. The number of nitrogens with zero attached hydrogens (tertiary/aromatic N) is 3. The number of rotatable bonds is 7. The molecule has 136 valence electrons. The number of aliphatic hydroxyl groups is 1. The second-order valence-corrected chi connectivity index (χ2v) is 5.70. The van der Waals surface area contributed by atoms with Crippen LogP contribution in [0, 0.1) is 5.82 Å². The van der Waals surface area contributed by atoms with E-state index in [1.807, 2.05) is 0 Å². The molecule has 1 aromatic rings. The van der Waals surface area contributed by atoms with Crippen molar-refractivity contribution in [2.75, 3.05) is 42.8 Å². The minimum Gasteiger partial charge on any atom is -0.399 e. The van der Waals surface area contributed by atoms with E-state index in [0.717, 1.165) is 0 Å². The van der Waals surface area contributed by atoms with E-state index in [-0.39, 0.29) is 19.2 Å². The van der Waals surface area contributed by atoms with Crippen LogP contribution in [-0.2, 0) is 4.79 Å². The number of carbonyl (C=O) groups is 1. The van der Waals surface area contributed by atoms with Crippen LogP contribution in [0.25, 0.3) is 0 Å². The van der Waals surface area contributed by atoms with Crippen molar-refractivity contribution in [3.8, 4) is 0 Å². The van der Waals surface area contributed by atoms with Crippen molar-refractivity contribution >= 4 is 35.0 Å². The summed E-state index contributed by atoms with van der Waals surface area (Å²) < 4.78 is 14.5. The lowest BCUT2D eigenvalue weighted by Gasteiger charge is -2.34. The van der Waals surface area contributed by atoms with Gasteiger partial charge in [0.2, 0.25) is 5.91 Å². The van der Waals surface area contributed by atoms with Gasteiger partial charge in [-0.05, 0) is 12.1 Å². The molecule has 8 nitrogen and oxygen atoms in total. The third kappa shape index (κ3) is 4.78. The molecule has 0 atom stereocenters. The second-order valence-electron chi connectivity index (χ2n) is 5.47. The second kappa shape index (κ2) is 8.60. The van der Waals surface area contributed by atoms with Gasteiger partial charge in [-0.1, -0.05) is 12.2 Å². The van der Waals surface area contributed by atoms with Crippen LogP contribution in [0.2, 0.25) is 0 Å². The van der Waals surface area contributed by atoms with Gasteiger partial charge in [-0.2, -0.15) is 0 Å². The van der Waals surface area contributed by atoms with Crippen LogP contribution < -0.4 is 26.8 Å². The number of piperazine rings is 1. The first-order valence-corrected chi connectivity index (χ1v) is 8.03. The average molecular weight is 368 g/mol. The van der Waals surface area contributed by atoms with E-state index in [1.165, 1.54) is 27.7 Å². The third-order valence-corrected chi connectivity index (χ3v) is 3.92. The molecule has 0 aliphatic carbocycles. The van der Waals surface area contributed by atoms with Crippen LogP contribution in [-0.4, -0.2) is 54.3 Å². The Bertz CT molecular complexity index is 671. The summed E-state index contributed by atoms with van der Waals surface area (Å²) in [4.78, 5) is 14.8. The quantitative estimate of drug-likeness (QED) is 0.288. The molecular formula is C15H21FN6O2S. The summed E-state index contributed by atoms with van der Waals surface area (Å²) >= 11 is 4.64. The lowest BCUT2D eigenvalue weighted by Crippen LogP contribution is -2.50. The smallest absolute Gasteiger partial charge is 0.243 e. The fraction of sp³-hybridized carbons (Fsp3) is 0.333. The van der Waals surface area contributed by atoms with E-state index in [4.69, 9.17) is 16.7 Å². The molecule has 2 rings (SSSR count). The van der Waals surface area contributed by atoms with Crippen molar-refractivity contribution in [2.24, 2.45) is 11.6 Å². The van der Waals surface area contributed by atoms with Gasteiger partial charge >= 0.3 is 0 Å². The highest BCUT2D eigenvalue weighted by atomic mass is 32.1. The number of halogens is 1. The van der Waals surface area contributed by atoms with Gasteiger partial charge in [0.25, 0.3) is 0 Å². The van der Waals surface area contributed by atoms with Crippen LogP contribution in [0.4, 0.5) is 15.8 Å². The zero-order chi connectivity index (χ0) is 18.4.